The van der Waals surface area contributed by atoms with Crippen LogP contribution in [0.25, 0.3) is 0 Å². The van der Waals surface area contributed by atoms with Crippen LogP contribution in [-0.4, -0.2) is 35.7 Å². The number of nitrogens with zero attached hydrogens (tertiary/aromatic N) is 1. The molecule has 1 heterocycles. The van der Waals surface area contributed by atoms with Crippen molar-refractivity contribution in [3.8, 4) is 0 Å². The summed E-state index contributed by atoms with van der Waals surface area (Å²) in [6.07, 6.45) is 1.84. The predicted molar refractivity (Wildman–Crippen MR) is 44.1 cm³/mol. The topological polar surface area (TPSA) is 23.5 Å². The molecule has 10 heavy (non-hydrogen) atoms. The quantitative estimate of drug-likeness (QED) is 0.551. The van der Waals surface area contributed by atoms with Gasteiger partial charge in [0.25, 0.3) is 0 Å². The van der Waals surface area contributed by atoms with Crippen molar-refractivity contribution < 1.29 is 5.11 Å². The lowest BCUT2D eigenvalue weighted by Gasteiger charge is -2.33. The summed E-state index contributed by atoms with van der Waals surface area (Å²) in [7, 11) is 2.09. The van der Waals surface area contributed by atoms with Crippen LogP contribution in [0.1, 0.15) is 27.2 Å². The van der Waals surface area contributed by atoms with Gasteiger partial charge in [0.05, 0.1) is 5.60 Å². The van der Waals surface area contributed by atoms with E-state index in [1.807, 2.05) is 6.92 Å². The van der Waals surface area contributed by atoms with E-state index in [1.54, 1.807) is 0 Å². The first kappa shape index (κ1) is 9.92. The normalized spacial score (nSPS) is 25.5. The third-order valence-corrected chi connectivity index (χ3v) is 2.06. The maximum absolute atomic E-state index is 9.47. The first-order valence-corrected chi connectivity index (χ1v) is 3.51. The Morgan fingerprint density at radius 1 is 1.30 bits per heavy atom. The molecule has 1 N–H and O–H groups in total. The van der Waals surface area contributed by atoms with Gasteiger partial charge >= 0.3 is 0 Å². The largest absolute Gasteiger partial charge is 0.390 e. The Morgan fingerprint density at radius 2 is 1.70 bits per heavy atom. The van der Waals surface area contributed by atoms with Gasteiger partial charge in [-0.25, -0.2) is 0 Å². The third-order valence-electron chi connectivity index (χ3n) is 2.06. The van der Waals surface area contributed by atoms with Crippen LogP contribution in [0.2, 0.25) is 0 Å². The molecule has 2 nitrogen and oxygen atoms in total. The van der Waals surface area contributed by atoms with E-state index in [0.717, 1.165) is 25.9 Å². The molecule has 0 aliphatic carbocycles. The molecular formula is C8H19NO. The number of likely N-dealkylation sites (tertiary alicyclic amines) is 1. The summed E-state index contributed by atoms with van der Waals surface area (Å²) in [4.78, 5) is 2.25. The Hall–Kier alpha value is -0.0800. The lowest BCUT2D eigenvalue weighted by Crippen LogP contribution is -2.40. The van der Waals surface area contributed by atoms with Crippen molar-refractivity contribution in [1.82, 2.24) is 4.90 Å². The van der Waals surface area contributed by atoms with Crippen LogP contribution in [0.15, 0.2) is 0 Å². The molecule has 0 saturated carbocycles. The fourth-order valence-electron chi connectivity index (χ4n) is 1.10. The molecule has 1 aliphatic rings. The molecule has 0 radical (unpaired) electrons. The summed E-state index contributed by atoms with van der Waals surface area (Å²) in [6, 6.07) is 0. The zero-order chi connectivity index (χ0) is 6.91. The summed E-state index contributed by atoms with van der Waals surface area (Å²) in [6.45, 7) is 3.99. The standard InChI is InChI=1S/C7H15NO.CH4/c1-7(9)3-5-8(2)6-4-7;/h9H,3-6H2,1-2H3;1H4. The van der Waals surface area contributed by atoms with E-state index in [2.05, 4.69) is 11.9 Å². The molecule has 0 aromatic rings. The summed E-state index contributed by atoms with van der Waals surface area (Å²) < 4.78 is 0. The zero-order valence-corrected chi connectivity index (χ0v) is 6.22. The molecule has 0 unspecified atom stereocenters. The van der Waals surface area contributed by atoms with Crippen molar-refractivity contribution >= 4 is 0 Å². The van der Waals surface area contributed by atoms with Crippen LogP contribution in [0.3, 0.4) is 0 Å². The van der Waals surface area contributed by atoms with Gasteiger partial charge in [-0.3, -0.25) is 0 Å². The molecule has 0 aromatic heterocycles. The molecule has 2 heteroatoms. The van der Waals surface area contributed by atoms with Crippen molar-refractivity contribution in [2.24, 2.45) is 0 Å². The third kappa shape index (κ3) is 2.67. The van der Waals surface area contributed by atoms with Crippen LogP contribution in [0.5, 0.6) is 0 Å². The summed E-state index contributed by atoms with van der Waals surface area (Å²) in [5.74, 6) is 0. The average molecular weight is 145 g/mol. The fourth-order valence-corrected chi connectivity index (χ4v) is 1.10. The second-order valence-corrected chi connectivity index (χ2v) is 3.30. The Kier molecular flexibility index (Phi) is 3.33. The van der Waals surface area contributed by atoms with E-state index in [9.17, 15) is 5.11 Å². The second kappa shape index (κ2) is 3.35. The second-order valence-electron chi connectivity index (χ2n) is 3.30. The van der Waals surface area contributed by atoms with E-state index in [1.165, 1.54) is 0 Å². The fraction of sp³-hybridized carbons (Fsp3) is 1.00. The van der Waals surface area contributed by atoms with Gasteiger partial charge in [-0.05, 0) is 26.8 Å². The maximum Gasteiger partial charge on any atom is 0.0644 e. The minimum atomic E-state index is -0.382. The van der Waals surface area contributed by atoms with Crippen LogP contribution in [0.4, 0.5) is 0 Å². The van der Waals surface area contributed by atoms with E-state index in [4.69, 9.17) is 0 Å². The van der Waals surface area contributed by atoms with Crippen LogP contribution < -0.4 is 0 Å². The van der Waals surface area contributed by atoms with Gasteiger partial charge in [0.15, 0.2) is 0 Å². The molecule has 0 amide bonds. The van der Waals surface area contributed by atoms with Gasteiger partial charge in [-0.15, -0.1) is 0 Å². The maximum atomic E-state index is 9.47. The minimum absolute atomic E-state index is 0. The van der Waals surface area contributed by atoms with Crippen molar-refractivity contribution in [2.45, 2.75) is 32.8 Å². The first-order valence-electron chi connectivity index (χ1n) is 3.51. The number of hydrogen-bond donors (Lipinski definition) is 1. The molecule has 0 atom stereocenters. The van der Waals surface area contributed by atoms with E-state index in [0.29, 0.717) is 0 Å². The molecule has 0 aromatic carbocycles. The summed E-state index contributed by atoms with van der Waals surface area (Å²) >= 11 is 0. The highest BCUT2D eigenvalue weighted by molar-refractivity contribution is 4.79. The SMILES string of the molecule is C.CN1CCC(C)(O)CC1. The first-order chi connectivity index (χ1) is 4.10. The van der Waals surface area contributed by atoms with Gasteiger partial charge in [0, 0.05) is 13.1 Å². The molecule has 0 spiro atoms. The molecule has 62 valence electrons. The van der Waals surface area contributed by atoms with Crippen LogP contribution >= 0.6 is 0 Å². The molecule has 1 aliphatic heterocycles. The van der Waals surface area contributed by atoms with Crippen LogP contribution in [-0.2, 0) is 0 Å². The zero-order valence-electron chi connectivity index (χ0n) is 6.22. The molecule has 0 bridgehead atoms. The van der Waals surface area contributed by atoms with Gasteiger partial charge in [-0.2, -0.15) is 0 Å². The lowest BCUT2D eigenvalue weighted by atomic mass is 9.94. The van der Waals surface area contributed by atoms with Crippen molar-refractivity contribution in [1.29, 1.82) is 0 Å². The summed E-state index contributed by atoms with van der Waals surface area (Å²) in [5, 5.41) is 9.47. The monoisotopic (exact) mass is 145 g/mol. The molecular weight excluding hydrogens is 126 g/mol. The molecule has 1 fully saturated rings. The van der Waals surface area contributed by atoms with Crippen molar-refractivity contribution in [3.63, 3.8) is 0 Å². The van der Waals surface area contributed by atoms with E-state index < -0.39 is 0 Å². The average Bonchev–Trinajstić information content (AvgIpc) is 1.78. The Balaban J connectivity index is 0.000000810. The van der Waals surface area contributed by atoms with Gasteiger partial charge in [0.2, 0.25) is 0 Å². The highest BCUT2D eigenvalue weighted by Gasteiger charge is 2.24. The van der Waals surface area contributed by atoms with Crippen molar-refractivity contribution in [3.05, 3.63) is 0 Å². The lowest BCUT2D eigenvalue weighted by molar-refractivity contribution is 0.00100. The van der Waals surface area contributed by atoms with Gasteiger partial charge in [-0.1, -0.05) is 7.43 Å². The Morgan fingerprint density at radius 3 is 2.00 bits per heavy atom. The van der Waals surface area contributed by atoms with Gasteiger partial charge in [0.1, 0.15) is 0 Å². The molecule has 1 saturated heterocycles. The highest BCUT2D eigenvalue weighted by Crippen LogP contribution is 2.19. The van der Waals surface area contributed by atoms with Gasteiger partial charge < -0.3 is 10.0 Å². The predicted octanol–water partition coefficient (Wildman–Crippen LogP) is 1.10. The Bertz CT molecular complexity index is 91.4. The van der Waals surface area contributed by atoms with Crippen molar-refractivity contribution in [2.75, 3.05) is 20.1 Å². The highest BCUT2D eigenvalue weighted by atomic mass is 16.3. The molecule has 1 rings (SSSR count). The number of aliphatic hydroxyl groups is 1. The summed E-state index contributed by atoms with van der Waals surface area (Å²) in [5.41, 5.74) is -0.382. The van der Waals surface area contributed by atoms with E-state index in [-0.39, 0.29) is 13.0 Å². The smallest absolute Gasteiger partial charge is 0.0644 e. The van der Waals surface area contributed by atoms with Crippen LogP contribution in [0, 0.1) is 0 Å². The van der Waals surface area contributed by atoms with E-state index >= 15 is 0 Å². The number of rotatable bonds is 0. The Labute approximate surface area is 63.8 Å². The minimum Gasteiger partial charge on any atom is -0.390 e. The number of hydrogen-bond acceptors (Lipinski definition) is 2. The number of piperidine rings is 1.